The van der Waals surface area contributed by atoms with Gasteiger partial charge in [-0.15, -0.1) is 16.4 Å². The first kappa shape index (κ1) is 26.6. The van der Waals surface area contributed by atoms with Crippen LogP contribution in [0.3, 0.4) is 0 Å². The molecule has 0 aliphatic rings. The number of carbonyl (C=O) groups is 2. The molecule has 41 heavy (non-hydrogen) atoms. The molecular formula is C30H26N6O3S2. The molecule has 6 rings (SSSR count). The Kier molecular flexibility index (Phi) is 7.70. The molecule has 9 nitrogen and oxygen atoms in total. The number of hydrogen-bond donors (Lipinski definition) is 3. The summed E-state index contributed by atoms with van der Waals surface area (Å²) in [6.07, 6.45) is 5.11. The molecule has 2 atom stereocenters. The van der Waals surface area contributed by atoms with Gasteiger partial charge in [-0.05, 0) is 47.6 Å². The Labute approximate surface area is 244 Å². The van der Waals surface area contributed by atoms with E-state index in [9.17, 15) is 9.59 Å². The molecule has 3 N–H and O–H groups in total. The quantitative estimate of drug-likeness (QED) is 0.141. The topological polar surface area (TPSA) is 118 Å². The summed E-state index contributed by atoms with van der Waals surface area (Å²) in [5.74, 6) is 0.365. The summed E-state index contributed by atoms with van der Waals surface area (Å²) in [6.45, 7) is 0.179. The molecule has 6 aromatic rings. The van der Waals surface area contributed by atoms with Gasteiger partial charge in [-0.3, -0.25) is 4.79 Å². The Morgan fingerprint density at radius 3 is 2.76 bits per heavy atom. The highest BCUT2D eigenvalue weighted by molar-refractivity contribution is 7.73. The number of aromatic amines is 2. The Morgan fingerprint density at radius 1 is 1.07 bits per heavy atom. The number of hydrogen-bond acceptors (Lipinski definition) is 7. The zero-order valence-electron chi connectivity index (χ0n) is 21.8. The number of carbonyl (C=O) groups excluding carboxylic acids is 2. The maximum atomic E-state index is 13.6. The minimum atomic E-state index is -0.715. The summed E-state index contributed by atoms with van der Waals surface area (Å²) in [5.41, 5.74) is 4.44. The summed E-state index contributed by atoms with van der Waals surface area (Å²) in [4.78, 5) is 32.0. The smallest absolute Gasteiger partial charge is 0.245 e. The first-order valence-corrected chi connectivity index (χ1v) is 14.3. The van der Waals surface area contributed by atoms with Crippen LogP contribution < -0.4 is 10.1 Å². The lowest BCUT2D eigenvalue weighted by molar-refractivity contribution is -0.127. The number of fused-ring (bicyclic) bond motifs is 2. The lowest BCUT2D eigenvalue weighted by Crippen LogP contribution is -2.42. The van der Waals surface area contributed by atoms with E-state index in [0.717, 1.165) is 38.5 Å². The number of aromatic nitrogens is 5. The second-order valence-corrected chi connectivity index (χ2v) is 11.4. The maximum Gasteiger partial charge on any atom is 0.245 e. The number of benzene rings is 3. The molecule has 3 aromatic carbocycles. The fourth-order valence-corrected chi connectivity index (χ4v) is 5.94. The van der Waals surface area contributed by atoms with Crippen LogP contribution in [-0.2, 0) is 29.0 Å². The zero-order valence-corrected chi connectivity index (χ0v) is 23.5. The molecule has 3 aromatic heterocycles. The number of nitrogens with one attached hydrogen (secondary N) is 3. The lowest BCUT2D eigenvalue weighted by atomic mass is 10.0. The van der Waals surface area contributed by atoms with Gasteiger partial charge >= 0.3 is 0 Å². The predicted octanol–water partition coefficient (Wildman–Crippen LogP) is 5.32. The SMILES string of the molecule is O=CC(Cc1c[nH]c2ccccc12)NC(=O)[C@H](Cc1ccccc1)n1cc(COc2ccc3[nH]c(=S)sc3c2)nn1. The standard InChI is InChI=1S/C30H26N6O3S2/c37-17-21(13-20-15-31-25-9-5-4-8-24(20)25)32-29(38)27(12-19-6-2-1-3-7-19)36-16-22(34-35-36)18-39-23-10-11-26-28(14-23)41-30(40)33-26/h1-11,14-17,21,27,31H,12-13,18H2,(H,32,38)(H,33,40)/t21?,27-/m0/s1. The fourth-order valence-electron chi connectivity index (χ4n) is 4.80. The van der Waals surface area contributed by atoms with E-state index in [0.29, 0.717) is 28.2 Å². The minimum Gasteiger partial charge on any atom is -0.487 e. The van der Waals surface area contributed by atoms with Gasteiger partial charge < -0.3 is 24.8 Å². The second-order valence-electron chi connectivity index (χ2n) is 9.67. The number of ether oxygens (including phenoxy) is 1. The monoisotopic (exact) mass is 582 g/mol. The largest absolute Gasteiger partial charge is 0.487 e. The molecule has 0 saturated carbocycles. The van der Waals surface area contributed by atoms with Crippen molar-refractivity contribution in [3.05, 3.63) is 106 Å². The molecule has 0 aliphatic heterocycles. The number of H-pyrrole nitrogens is 2. The Morgan fingerprint density at radius 2 is 1.90 bits per heavy atom. The Balaban J connectivity index is 1.18. The van der Waals surface area contributed by atoms with Crippen molar-refractivity contribution in [3.8, 4) is 5.75 Å². The highest BCUT2D eigenvalue weighted by Crippen LogP contribution is 2.25. The molecule has 206 valence electrons. The molecular weight excluding hydrogens is 557 g/mol. The van der Waals surface area contributed by atoms with E-state index in [-0.39, 0.29) is 12.5 Å². The van der Waals surface area contributed by atoms with Gasteiger partial charge in [-0.1, -0.05) is 53.7 Å². The number of amides is 1. The Bertz CT molecular complexity index is 1870. The third kappa shape index (κ3) is 6.11. The van der Waals surface area contributed by atoms with Crippen molar-refractivity contribution in [1.82, 2.24) is 30.3 Å². The molecule has 0 radical (unpaired) electrons. The number of thiazole rings is 1. The van der Waals surface area contributed by atoms with Crippen molar-refractivity contribution >= 4 is 56.9 Å². The van der Waals surface area contributed by atoms with Crippen molar-refractivity contribution in [2.45, 2.75) is 31.5 Å². The molecule has 0 bridgehead atoms. The molecule has 0 fully saturated rings. The maximum absolute atomic E-state index is 13.6. The number of para-hydroxylation sites is 1. The molecule has 3 heterocycles. The summed E-state index contributed by atoms with van der Waals surface area (Å²) in [5, 5.41) is 12.5. The second kappa shape index (κ2) is 11.9. The third-order valence-electron chi connectivity index (χ3n) is 6.84. The average molecular weight is 583 g/mol. The van der Waals surface area contributed by atoms with Gasteiger partial charge in [0.25, 0.3) is 0 Å². The van der Waals surface area contributed by atoms with E-state index in [4.69, 9.17) is 17.0 Å². The van der Waals surface area contributed by atoms with Gasteiger partial charge in [0.1, 0.15) is 30.4 Å². The number of rotatable bonds is 11. The first-order valence-electron chi connectivity index (χ1n) is 13.1. The first-order chi connectivity index (χ1) is 20.1. The van der Waals surface area contributed by atoms with Crippen LogP contribution in [0.2, 0.25) is 0 Å². The highest BCUT2D eigenvalue weighted by atomic mass is 32.1. The molecule has 11 heteroatoms. The van der Waals surface area contributed by atoms with Crippen molar-refractivity contribution in [2.75, 3.05) is 0 Å². The summed E-state index contributed by atoms with van der Waals surface area (Å²) in [6, 6.07) is 21.9. The minimum absolute atomic E-state index is 0.179. The van der Waals surface area contributed by atoms with Gasteiger partial charge in [0.2, 0.25) is 5.91 Å². The molecule has 0 spiro atoms. The van der Waals surface area contributed by atoms with Crippen molar-refractivity contribution in [3.63, 3.8) is 0 Å². The van der Waals surface area contributed by atoms with Crippen LogP contribution in [0.4, 0.5) is 0 Å². The lowest BCUT2D eigenvalue weighted by Gasteiger charge is -2.20. The van der Waals surface area contributed by atoms with E-state index < -0.39 is 12.1 Å². The number of aldehydes is 1. The van der Waals surface area contributed by atoms with Crippen LogP contribution in [0.5, 0.6) is 5.75 Å². The van der Waals surface area contributed by atoms with Crippen LogP contribution in [0, 0.1) is 3.95 Å². The highest BCUT2D eigenvalue weighted by Gasteiger charge is 2.26. The van der Waals surface area contributed by atoms with Crippen LogP contribution in [-0.4, -0.2) is 43.2 Å². The Hall–Kier alpha value is -4.61. The summed E-state index contributed by atoms with van der Waals surface area (Å²) >= 11 is 6.70. The van der Waals surface area contributed by atoms with Crippen molar-refractivity contribution in [2.24, 2.45) is 0 Å². The van der Waals surface area contributed by atoms with Crippen molar-refractivity contribution in [1.29, 1.82) is 0 Å². The molecule has 0 saturated heterocycles. The molecule has 0 aliphatic carbocycles. The van der Waals surface area contributed by atoms with Gasteiger partial charge in [0, 0.05) is 29.9 Å². The van der Waals surface area contributed by atoms with E-state index in [2.05, 4.69) is 25.6 Å². The van der Waals surface area contributed by atoms with Crippen molar-refractivity contribution < 1.29 is 14.3 Å². The van der Waals surface area contributed by atoms with Gasteiger partial charge in [0.15, 0.2) is 3.95 Å². The normalized spacial score (nSPS) is 12.8. The number of nitrogens with zero attached hydrogens (tertiary/aromatic N) is 3. The van der Waals surface area contributed by atoms with E-state index in [1.165, 1.54) is 16.0 Å². The van der Waals surface area contributed by atoms with Gasteiger partial charge in [0.05, 0.1) is 22.5 Å². The van der Waals surface area contributed by atoms with Crippen LogP contribution >= 0.6 is 23.6 Å². The fraction of sp³-hybridized carbons (Fsp3) is 0.167. The van der Waals surface area contributed by atoms with E-state index >= 15 is 0 Å². The van der Waals surface area contributed by atoms with E-state index in [1.807, 2.05) is 79.0 Å². The van der Waals surface area contributed by atoms with E-state index in [1.54, 1.807) is 6.20 Å². The van der Waals surface area contributed by atoms with Crippen LogP contribution in [0.25, 0.3) is 21.1 Å². The van der Waals surface area contributed by atoms with Gasteiger partial charge in [-0.25, -0.2) is 4.68 Å². The van der Waals surface area contributed by atoms with Gasteiger partial charge in [-0.2, -0.15) is 0 Å². The molecule has 1 unspecified atom stereocenters. The summed E-state index contributed by atoms with van der Waals surface area (Å²) in [7, 11) is 0. The molecule has 1 amide bonds. The van der Waals surface area contributed by atoms with Crippen LogP contribution in [0.15, 0.2) is 85.2 Å². The summed E-state index contributed by atoms with van der Waals surface area (Å²) < 4.78 is 9.20. The van der Waals surface area contributed by atoms with Crippen LogP contribution in [0.1, 0.15) is 22.9 Å². The zero-order chi connectivity index (χ0) is 28.2. The average Bonchev–Trinajstić information content (AvgIpc) is 3.72. The predicted molar refractivity (Wildman–Crippen MR) is 161 cm³/mol. The third-order valence-corrected chi connectivity index (χ3v) is 8.03.